The van der Waals surface area contributed by atoms with Crippen LogP contribution >= 0.6 is 15.9 Å². The van der Waals surface area contributed by atoms with Gasteiger partial charge in [0.25, 0.3) is 10.0 Å². The van der Waals surface area contributed by atoms with Gasteiger partial charge in [-0.15, -0.1) is 0 Å². The molecule has 0 amide bonds. The highest BCUT2D eigenvalue weighted by molar-refractivity contribution is 9.10. The van der Waals surface area contributed by atoms with Crippen molar-refractivity contribution < 1.29 is 8.42 Å². The SMILES string of the molecule is Cc1ccc(NS(=O)(=O)c2ccc(C)c(CN)c2)c(Br)c1. The standard InChI is InChI=1S/C15H17BrN2O2S/c1-10-3-6-15(14(16)7-10)18-21(19,20)13-5-4-11(2)12(8-13)9-17/h3-8,18H,9,17H2,1-2H3. The summed E-state index contributed by atoms with van der Waals surface area (Å²) in [5.74, 6) is 0. The van der Waals surface area contributed by atoms with E-state index in [4.69, 9.17) is 5.73 Å². The van der Waals surface area contributed by atoms with Crippen LogP contribution < -0.4 is 10.5 Å². The molecule has 0 aliphatic carbocycles. The van der Waals surface area contributed by atoms with Crippen molar-refractivity contribution in [2.45, 2.75) is 25.3 Å². The summed E-state index contributed by atoms with van der Waals surface area (Å²) < 4.78 is 28.2. The minimum absolute atomic E-state index is 0.209. The van der Waals surface area contributed by atoms with Gasteiger partial charge in [0.2, 0.25) is 0 Å². The normalized spacial score (nSPS) is 11.4. The van der Waals surface area contributed by atoms with Crippen LogP contribution in [0.5, 0.6) is 0 Å². The third-order valence-corrected chi connectivity index (χ3v) is 5.24. The van der Waals surface area contributed by atoms with E-state index in [1.807, 2.05) is 26.0 Å². The molecule has 2 rings (SSSR count). The molecule has 0 fully saturated rings. The van der Waals surface area contributed by atoms with E-state index in [2.05, 4.69) is 20.7 Å². The molecule has 0 atom stereocenters. The molecule has 2 aromatic carbocycles. The first-order valence-electron chi connectivity index (χ1n) is 6.42. The van der Waals surface area contributed by atoms with Crippen LogP contribution in [0.2, 0.25) is 0 Å². The molecule has 2 aromatic rings. The second-order valence-electron chi connectivity index (χ2n) is 4.88. The molecule has 21 heavy (non-hydrogen) atoms. The van der Waals surface area contributed by atoms with Crippen LogP contribution in [-0.2, 0) is 16.6 Å². The average Bonchev–Trinajstić information content (AvgIpc) is 2.42. The van der Waals surface area contributed by atoms with E-state index in [1.54, 1.807) is 24.3 Å². The number of nitrogens with two attached hydrogens (primary N) is 1. The fourth-order valence-corrected chi connectivity index (χ4v) is 3.80. The average molecular weight is 369 g/mol. The molecule has 0 bridgehead atoms. The smallest absolute Gasteiger partial charge is 0.261 e. The Balaban J connectivity index is 2.38. The number of sulfonamides is 1. The zero-order valence-electron chi connectivity index (χ0n) is 11.9. The first kappa shape index (κ1) is 16.0. The van der Waals surface area contributed by atoms with E-state index >= 15 is 0 Å². The summed E-state index contributed by atoms with van der Waals surface area (Å²) >= 11 is 3.37. The lowest BCUT2D eigenvalue weighted by Gasteiger charge is -2.12. The van der Waals surface area contributed by atoms with Crippen molar-refractivity contribution in [2.24, 2.45) is 5.73 Å². The molecule has 0 aliphatic rings. The number of hydrogen-bond donors (Lipinski definition) is 2. The molecule has 112 valence electrons. The number of aryl methyl sites for hydroxylation is 2. The first-order valence-corrected chi connectivity index (χ1v) is 8.69. The molecule has 0 unspecified atom stereocenters. The van der Waals surface area contributed by atoms with Crippen molar-refractivity contribution >= 4 is 31.6 Å². The first-order chi connectivity index (χ1) is 9.83. The van der Waals surface area contributed by atoms with E-state index in [0.717, 1.165) is 16.7 Å². The Kier molecular flexibility index (Phi) is 4.70. The monoisotopic (exact) mass is 368 g/mol. The van der Waals surface area contributed by atoms with Gasteiger partial charge in [-0.3, -0.25) is 4.72 Å². The maximum absolute atomic E-state index is 12.4. The molecule has 0 spiro atoms. The van der Waals surface area contributed by atoms with E-state index < -0.39 is 10.0 Å². The highest BCUT2D eigenvalue weighted by Gasteiger charge is 2.16. The Morgan fingerprint density at radius 3 is 2.48 bits per heavy atom. The van der Waals surface area contributed by atoms with Gasteiger partial charge in [-0.05, 0) is 70.7 Å². The van der Waals surface area contributed by atoms with Crippen LogP contribution in [0, 0.1) is 13.8 Å². The van der Waals surface area contributed by atoms with Crippen molar-refractivity contribution in [3.63, 3.8) is 0 Å². The number of nitrogens with one attached hydrogen (secondary N) is 1. The Bertz CT molecular complexity index is 773. The lowest BCUT2D eigenvalue weighted by atomic mass is 10.1. The van der Waals surface area contributed by atoms with Gasteiger partial charge in [0.15, 0.2) is 0 Å². The number of anilines is 1. The van der Waals surface area contributed by atoms with Crippen LogP contribution in [0.25, 0.3) is 0 Å². The summed E-state index contributed by atoms with van der Waals surface area (Å²) in [6.07, 6.45) is 0. The van der Waals surface area contributed by atoms with Gasteiger partial charge in [-0.25, -0.2) is 8.42 Å². The zero-order valence-corrected chi connectivity index (χ0v) is 14.3. The molecule has 0 heterocycles. The van der Waals surface area contributed by atoms with Crippen LogP contribution in [0.4, 0.5) is 5.69 Å². The number of rotatable bonds is 4. The second kappa shape index (κ2) is 6.17. The summed E-state index contributed by atoms with van der Waals surface area (Å²) in [6, 6.07) is 10.4. The number of hydrogen-bond acceptors (Lipinski definition) is 3. The topological polar surface area (TPSA) is 72.2 Å². The van der Waals surface area contributed by atoms with Crippen molar-refractivity contribution in [2.75, 3.05) is 4.72 Å². The molecule has 0 saturated carbocycles. The maximum atomic E-state index is 12.4. The summed E-state index contributed by atoms with van der Waals surface area (Å²) in [5.41, 5.74) is 8.99. The Morgan fingerprint density at radius 2 is 1.86 bits per heavy atom. The van der Waals surface area contributed by atoms with Gasteiger partial charge in [0, 0.05) is 11.0 Å². The number of benzene rings is 2. The highest BCUT2D eigenvalue weighted by atomic mass is 79.9. The van der Waals surface area contributed by atoms with Crippen molar-refractivity contribution in [3.05, 3.63) is 57.6 Å². The Hall–Kier alpha value is -1.37. The molecule has 4 nitrogen and oxygen atoms in total. The van der Waals surface area contributed by atoms with E-state index in [-0.39, 0.29) is 4.90 Å². The third kappa shape index (κ3) is 3.64. The highest BCUT2D eigenvalue weighted by Crippen LogP contribution is 2.26. The van der Waals surface area contributed by atoms with E-state index in [0.29, 0.717) is 16.7 Å². The van der Waals surface area contributed by atoms with Gasteiger partial charge in [0.05, 0.1) is 10.6 Å². The fraction of sp³-hybridized carbons (Fsp3) is 0.200. The molecule has 0 saturated heterocycles. The quantitative estimate of drug-likeness (QED) is 0.869. The molecular weight excluding hydrogens is 352 g/mol. The molecule has 6 heteroatoms. The third-order valence-electron chi connectivity index (χ3n) is 3.22. The minimum Gasteiger partial charge on any atom is -0.326 e. The van der Waals surface area contributed by atoms with Crippen molar-refractivity contribution in [3.8, 4) is 0 Å². The summed E-state index contributed by atoms with van der Waals surface area (Å²) in [7, 11) is -3.63. The zero-order chi connectivity index (χ0) is 15.6. The second-order valence-corrected chi connectivity index (χ2v) is 7.42. The fourth-order valence-electron chi connectivity index (χ4n) is 1.94. The van der Waals surface area contributed by atoms with Crippen LogP contribution in [0.1, 0.15) is 16.7 Å². The summed E-state index contributed by atoms with van der Waals surface area (Å²) in [5, 5.41) is 0. The van der Waals surface area contributed by atoms with E-state index in [1.165, 1.54) is 0 Å². The van der Waals surface area contributed by atoms with E-state index in [9.17, 15) is 8.42 Å². The molecular formula is C15H17BrN2O2S. The lowest BCUT2D eigenvalue weighted by Crippen LogP contribution is -2.14. The van der Waals surface area contributed by atoms with Gasteiger partial charge in [0.1, 0.15) is 0 Å². The largest absolute Gasteiger partial charge is 0.326 e. The van der Waals surface area contributed by atoms with Crippen LogP contribution in [-0.4, -0.2) is 8.42 Å². The summed E-state index contributed by atoms with van der Waals surface area (Å²) in [4.78, 5) is 0.209. The Labute approximate surface area is 133 Å². The predicted molar refractivity (Wildman–Crippen MR) is 88.8 cm³/mol. The molecule has 0 aliphatic heterocycles. The maximum Gasteiger partial charge on any atom is 0.261 e. The minimum atomic E-state index is -3.63. The molecule has 0 radical (unpaired) electrons. The van der Waals surface area contributed by atoms with Gasteiger partial charge in [-0.1, -0.05) is 12.1 Å². The molecule has 0 aromatic heterocycles. The summed E-state index contributed by atoms with van der Waals surface area (Å²) in [6.45, 7) is 4.16. The van der Waals surface area contributed by atoms with Crippen molar-refractivity contribution in [1.82, 2.24) is 0 Å². The van der Waals surface area contributed by atoms with Crippen LogP contribution in [0.15, 0.2) is 45.8 Å². The van der Waals surface area contributed by atoms with Gasteiger partial charge >= 0.3 is 0 Å². The van der Waals surface area contributed by atoms with Crippen molar-refractivity contribution in [1.29, 1.82) is 0 Å². The number of halogens is 1. The molecule has 3 N–H and O–H groups in total. The van der Waals surface area contributed by atoms with Gasteiger partial charge < -0.3 is 5.73 Å². The Morgan fingerprint density at radius 1 is 1.14 bits per heavy atom. The lowest BCUT2D eigenvalue weighted by molar-refractivity contribution is 0.601. The van der Waals surface area contributed by atoms with Crippen LogP contribution in [0.3, 0.4) is 0 Å². The predicted octanol–water partition coefficient (Wildman–Crippen LogP) is 3.33. The van der Waals surface area contributed by atoms with Gasteiger partial charge in [-0.2, -0.15) is 0 Å².